The molecular weight excluding hydrogens is 448 g/mol. The summed E-state index contributed by atoms with van der Waals surface area (Å²) in [6, 6.07) is 14.0. The summed E-state index contributed by atoms with van der Waals surface area (Å²) in [5.74, 6) is 0.683. The van der Waals surface area contributed by atoms with Gasteiger partial charge < -0.3 is 14.7 Å². The van der Waals surface area contributed by atoms with Crippen LogP contribution in [-0.4, -0.2) is 51.9 Å². The van der Waals surface area contributed by atoms with Gasteiger partial charge in [0.25, 0.3) is 0 Å². The van der Waals surface area contributed by atoms with Crippen LogP contribution < -0.4 is 4.74 Å². The number of rotatable bonds is 6. The van der Waals surface area contributed by atoms with E-state index in [1.165, 1.54) is 22.5 Å². The Morgan fingerprint density at radius 2 is 2.09 bits per heavy atom. The highest BCUT2D eigenvalue weighted by molar-refractivity contribution is 7.17. The first-order chi connectivity index (χ1) is 16.4. The lowest BCUT2D eigenvalue weighted by molar-refractivity contribution is -0.128. The van der Waals surface area contributed by atoms with Crippen molar-refractivity contribution in [2.75, 3.05) is 19.7 Å². The molecule has 1 N–H and O–H groups in total. The molecule has 1 aromatic heterocycles. The fraction of sp³-hybridized carbons (Fsp3) is 0.385. The molecule has 1 aliphatic carbocycles. The first-order valence-electron chi connectivity index (χ1n) is 11.5. The minimum atomic E-state index is -0.181. The van der Waals surface area contributed by atoms with Crippen LogP contribution >= 0.6 is 11.3 Å². The number of benzene rings is 2. The monoisotopic (exact) mass is 474 g/mol. The molecule has 1 aliphatic heterocycles. The number of aliphatic hydroxyl groups is 1. The highest BCUT2D eigenvalue weighted by Crippen LogP contribution is 2.49. The highest BCUT2D eigenvalue weighted by atomic mass is 32.1. The highest BCUT2D eigenvalue weighted by Gasteiger charge is 2.48. The van der Waals surface area contributed by atoms with E-state index >= 15 is 0 Å². The van der Waals surface area contributed by atoms with Crippen molar-refractivity contribution in [1.82, 2.24) is 15.1 Å². The number of carbonyl (C=O) groups is 1. The van der Waals surface area contributed by atoms with Gasteiger partial charge in [0, 0.05) is 36.1 Å². The number of carbonyl (C=O) groups excluding carboxylic acids is 1. The molecule has 0 bridgehead atoms. The number of amides is 1. The summed E-state index contributed by atoms with van der Waals surface area (Å²) >= 11 is 1.50. The molecule has 2 heterocycles. The molecule has 7 nitrogen and oxygen atoms in total. The lowest BCUT2D eigenvalue weighted by Crippen LogP contribution is -2.32. The molecule has 0 saturated carbocycles. The summed E-state index contributed by atoms with van der Waals surface area (Å²) in [4.78, 5) is 14.3. The third-order valence-electron chi connectivity index (χ3n) is 6.67. The average Bonchev–Trinajstić information content (AvgIpc) is 3.52. The van der Waals surface area contributed by atoms with Crippen LogP contribution in [0.1, 0.15) is 43.4 Å². The number of β-amino-alcohol motifs (C(OH)–C–C–N with tert-alkyl or cyclic N) is 1. The van der Waals surface area contributed by atoms with E-state index in [4.69, 9.17) is 4.74 Å². The molecule has 5 rings (SSSR count). The Hall–Kier alpha value is -3.28. The number of fused-ring (bicyclic) bond motifs is 2. The fourth-order valence-electron chi connectivity index (χ4n) is 5.19. The van der Waals surface area contributed by atoms with Crippen LogP contribution in [0.2, 0.25) is 0 Å². The molecule has 0 radical (unpaired) electrons. The maximum absolute atomic E-state index is 12.5. The van der Waals surface area contributed by atoms with E-state index in [1.54, 1.807) is 11.0 Å². The number of hydrogen-bond acceptors (Lipinski definition) is 7. The molecule has 3 aromatic rings. The van der Waals surface area contributed by atoms with Gasteiger partial charge in [-0.25, -0.2) is 0 Å². The van der Waals surface area contributed by atoms with Gasteiger partial charge in [-0.3, -0.25) is 4.79 Å². The normalized spacial score (nSPS) is 19.1. The molecule has 8 heteroatoms. The molecule has 2 aromatic carbocycles. The molecule has 2 aliphatic rings. The van der Waals surface area contributed by atoms with Gasteiger partial charge in [0.1, 0.15) is 21.8 Å². The van der Waals surface area contributed by atoms with Crippen LogP contribution in [0.4, 0.5) is 0 Å². The van der Waals surface area contributed by atoms with Gasteiger partial charge in [-0.15, -0.1) is 10.2 Å². The Morgan fingerprint density at radius 3 is 2.85 bits per heavy atom. The SMILES string of the molecule is CC(C)Oc1ccc(-c2nnc(-c3cccc4c3CC[C@@]43CC(=O)N(CCO)C3)s2)cc1C#N. The second kappa shape index (κ2) is 8.82. The molecular formula is C26H26N4O3S. The summed E-state index contributed by atoms with van der Waals surface area (Å²) in [6.07, 6.45) is 2.29. The lowest BCUT2D eigenvalue weighted by atomic mass is 9.80. The lowest BCUT2D eigenvalue weighted by Gasteiger charge is -2.24. The molecule has 34 heavy (non-hydrogen) atoms. The zero-order valence-electron chi connectivity index (χ0n) is 19.2. The van der Waals surface area contributed by atoms with Crippen LogP contribution in [0, 0.1) is 11.3 Å². The predicted octanol–water partition coefficient (Wildman–Crippen LogP) is 3.94. The van der Waals surface area contributed by atoms with Crippen molar-refractivity contribution in [2.24, 2.45) is 0 Å². The van der Waals surface area contributed by atoms with Crippen LogP contribution in [0.3, 0.4) is 0 Å². The largest absolute Gasteiger partial charge is 0.490 e. The Bertz CT molecular complexity index is 1300. The molecule has 1 fully saturated rings. The quantitative estimate of drug-likeness (QED) is 0.581. The smallest absolute Gasteiger partial charge is 0.223 e. The van der Waals surface area contributed by atoms with E-state index in [1.807, 2.05) is 32.0 Å². The second-order valence-electron chi connectivity index (χ2n) is 9.23. The van der Waals surface area contributed by atoms with Gasteiger partial charge in [0.15, 0.2) is 0 Å². The zero-order valence-corrected chi connectivity index (χ0v) is 20.1. The summed E-state index contributed by atoms with van der Waals surface area (Å²) in [5.41, 5.74) is 4.65. The van der Waals surface area contributed by atoms with Gasteiger partial charge in [-0.05, 0) is 56.0 Å². The molecule has 1 amide bonds. The number of nitrogens with zero attached hydrogens (tertiary/aromatic N) is 4. The first kappa shape index (κ1) is 22.5. The summed E-state index contributed by atoms with van der Waals surface area (Å²) in [5, 5.41) is 29.4. The van der Waals surface area contributed by atoms with Crippen molar-refractivity contribution in [1.29, 1.82) is 5.26 Å². The van der Waals surface area contributed by atoms with E-state index in [2.05, 4.69) is 28.4 Å². The van der Waals surface area contributed by atoms with Gasteiger partial charge in [0.05, 0.1) is 18.3 Å². The number of likely N-dealkylation sites (tertiary alicyclic amines) is 1. The Morgan fingerprint density at radius 1 is 1.26 bits per heavy atom. The molecule has 1 saturated heterocycles. The molecule has 1 spiro atoms. The van der Waals surface area contributed by atoms with Gasteiger partial charge in [-0.1, -0.05) is 29.5 Å². The number of aromatic nitrogens is 2. The van der Waals surface area contributed by atoms with Crippen LogP contribution in [0.15, 0.2) is 36.4 Å². The predicted molar refractivity (Wildman–Crippen MR) is 130 cm³/mol. The van der Waals surface area contributed by atoms with Crippen molar-refractivity contribution in [3.8, 4) is 33.0 Å². The fourth-order valence-corrected chi connectivity index (χ4v) is 6.08. The van der Waals surface area contributed by atoms with Crippen LogP contribution in [0.25, 0.3) is 21.1 Å². The van der Waals surface area contributed by atoms with Crippen molar-refractivity contribution in [3.05, 3.63) is 53.1 Å². The number of ether oxygens (including phenoxy) is 1. The summed E-state index contributed by atoms with van der Waals surface area (Å²) < 4.78 is 5.73. The molecule has 1 atom stereocenters. The Kier molecular flexibility index (Phi) is 5.84. The standard InChI is InChI=1S/C26H26N4O3S/c1-16(2)33-22-7-6-17(12-18(22)14-27)24-28-29-25(34-24)20-4-3-5-21-19(20)8-9-26(21)13-23(32)30(15-26)10-11-31/h3-7,12,16,31H,8-11,13,15H2,1-2H3/t26-/m0/s1. The van der Waals surface area contributed by atoms with E-state index in [-0.39, 0.29) is 24.0 Å². The Balaban J connectivity index is 1.46. The average molecular weight is 475 g/mol. The van der Waals surface area contributed by atoms with E-state index in [9.17, 15) is 15.2 Å². The Labute approximate surface area is 202 Å². The third-order valence-corrected chi connectivity index (χ3v) is 7.68. The van der Waals surface area contributed by atoms with Crippen molar-refractivity contribution >= 4 is 17.2 Å². The third kappa shape index (κ3) is 3.85. The van der Waals surface area contributed by atoms with Gasteiger partial charge in [-0.2, -0.15) is 5.26 Å². The van der Waals surface area contributed by atoms with E-state index in [0.717, 1.165) is 34.0 Å². The van der Waals surface area contributed by atoms with Crippen molar-refractivity contribution in [3.63, 3.8) is 0 Å². The number of aliphatic hydroxyl groups excluding tert-OH is 1. The van der Waals surface area contributed by atoms with E-state index in [0.29, 0.717) is 30.8 Å². The van der Waals surface area contributed by atoms with Crippen LogP contribution in [0.5, 0.6) is 5.75 Å². The van der Waals surface area contributed by atoms with Crippen molar-refractivity contribution < 1.29 is 14.6 Å². The van der Waals surface area contributed by atoms with Gasteiger partial charge in [0.2, 0.25) is 5.91 Å². The molecule has 0 unspecified atom stereocenters. The van der Waals surface area contributed by atoms with Crippen LogP contribution in [-0.2, 0) is 16.6 Å². The zero-order chi connectivity index (χ0) is 23.9. The molecule has 174 valence electrons. The minimum absolute atomic E-state index is 0.0135. The van der Waals surface area contributed by atoms with E-state index < -0.39 is 0 Å². The second-order valence-corrected chi connectivity index (χ2v) is 10.2. The maximum Gasteiger partial charge on any atom is 0.223 e. The van der Waals surface area contributed by atoms with Crippen molar-refractivity contribution in [2.45, 2.75) is 44.6 Å². The summed E-state index contributed by atoms with van der Waals surface area (Å²) in [6.45, 7) is 4.90. The topological polar surface area (TPSA) is 99.3 Å². The number of hydrogen-bond donors (Lipinski definition) is 1. The summed E-state index contributed by atoms with van der Waals surface area (Å²) in [7, 11) is 0. The minimum Gasteiger partial charge on any atom is -0.490 e. The number of nitriles is 1. The first-order valence-corrected chi connectivity index (χ1v) is 12.3. The maximum atomic E-state index is 12.5. The van der Waals surface area contributed by atoms with Gasteiger partial charge >= 0.3 is 0 Å².